The minimum atomic E-state index is -0.206. The average molecular weight is 380 g/mol. The molecule has 6 rings (SSSR count). The molecule has 3 aromatic carbocycles. The first-order valence-electron chi connectivity index (χ1n) is 9.47. The maximum Gasteiger partial charge on any atom is 0.281 e. The van der Waals surface area contributed by atoms with Crippen LogP contribution < -0.4 is 15.0 Å². The highest BCUT2D eigenvalue weighted by Gasteiger charge is 2.23. The van der Waals surface area contributed by atoms with Gasteiger partial charge in [0.25, 0.3) is 5.56 Å². The Balaban J connectivity index is 1.64. The Morgan fingerprint density at radius 3 is 2.72 bits per heavy atom. The first-order valence-corrected chi connectivity index (χ1v) is 9.47. The number of hydrogen-bond acceptors (Lipinski definition) is 4. The zero-order valence-corrected chi connectivity index (χ0v) is 15.5. The van der Waals surface area contributed by atoms with Gasteiger partial charge in [-0.25, -0.2) is 0 Å². The fraction of sp³-hybridized carbons (Fsp3) is 0.0833. The van der Waals surface area contributed by atoms with Crippen molar-refractivity contribution in [3.8, 4) is 11.5 Å². The SMILES string of the molecule is O=c1nc2n(c3ccccc13)Cc1ccccc1/C2=C\c1ccc2c(c1)OCO2. The summed E-state index contributed by atoms with van der Waals surface area (Å²) >= 11 is 0. The summed E-state index contributed by atoms with van der Waals surface area (Å²) in [7, 11) is 0. The van der Waals surface area contributed by atoms with Crippen molar-refractivity contribution in [3.63, 3.8) is 0 Å². The molecule has 0 bridgehead atoms. The van der Waals surface area contributed by atoms with Crippen molar-refractivity contribution in [1.29, 1.82) is 0 Å². The van der Waals surface area contributed by atoms with Crippen LogP contribution in [0.3, 0.4) is 0 Å². The molecule has 0 N–H and O–H groups in total. The van der Waals surface area contributed by atoms with Crippen molar-refractivity contribution in [1.82, 2.24) is 9.55 Å². The lowest BCUT2D eigenvalue weighted by atomic mass is 9.93. The molecule has 0 amide bonds. The second-order valence-corrected chi connectivity index (χ2v) is 7.17. The van der Waals surface area contributed by atoms with E-state index in [4.69, 9.17) is 9.47 Å². The quantitative estimate of drug-likeness (QED) is 0.440. The number of fused-ring (bicyclic) bond motifs is 5. The molecular weight excluding hydrogens is 364 g/mol. The van der Waals surface area contributed by atoms with Gasteiger partial charge in [0.15, 0.2) is 11.5 Å². The third-order valence-electron chi connectivity index (χ3n) is 5.47. The maximum absolute atomic E-state index is 12.7. The second-order valence-electron chi connectivity index (χ2n) is 7.17. The van der Waals surface area contributed by atoms with Crippen LogP contribution >= 0.6 is 0 Å². The average Bonchev–Trinajstić information content (AvgIpc) is 3.22. The highest BCUT2D eigenvalue weighted by atomic mass is 16.7. The van der Waals surface area contributed by atoms with Gasteiger partial charge in [-0.2, -0.15) is 4.98 Å². The highest BCUT2D eigenvalue weighted by molar-refractivity contribution is 5.93. The topological polar surface area (TPSA) is 53.4 Å². The van der Waals surface area contributed by atoms with Gasteiger partial charge in [0.05, 0.1) is 17.4 Å². The molecule has 0 radical (unpaired) electrons. The molecule has 5 nitrogen and oxygen atoms in total. The molecule has 29 heavy (non-hydrogen) atoms. The zero-order chi connectivity index (χ0) is 19.4. The maximum atomic E-state index is 12.7. The van der Waals surface area contributed by atoms with E-state index in [0.29, 0.717) is 17.8 Å². The molecule has 0 atom stereocenters. The van der Waals surface area contributed by atoms with Gasteiger partial charge in [0.1, 0.15) is 5.82 Å². The van der Waals surface area contributed by atoms with E-state index in [0.717, 1.165) is 33.7 Å². The Hall–Kier alpha value is -3.86. The molecule has 4 aromatic rings. The third-order valence-corrected chi connectivity index (χ3v) is 5.47. The van der Waals surface area contributed by atoms with Gasteiger partial charge in [0.2, 0.25) is 6.79 Å². The van der Waals surface area contributed by atoms with Gasteiger partial charge in [0, 0.05) is 5.57 Å². The molecule has 0 aliphatic carbocycles. The summed E-state index contributed by atoms with van der Waals surface area (Å²) in [4.78, 5) is 17.2. The van der Waals surface area contributed by atoms with Crippen LogP contribution in [-0.4, -0.2) is 16.3 Å². The van der Waals surface area contributed by atoms with Crippen LogP contribution in [0.5, 0.6) is 11.5 Å². The lowest BCUT2D eigenvalue weighted by molar-refractivity contribution is 0.174. The number of aromatic nitrogens is 2. The molecule has 0 saturated carbocycles. The van der Waals surface area contributed by atoms with Gasteiger partial charge in [-0.3, -0.25) is 4.79 Å². The summed E-state index contributed by atoms with van der Waals surface area (Å²) in [5.41, 5.74) is 4.87. The van der Waals surface area contributed by atoms with Crippen LogP contribution in [0.4, 0.5) is 0 Å². The Morgan fingerprint density at radius 2 is 1.76 bits per heavy atom. The van der Waals surface area contributed by atoms with E-state index in [1.54, 1.807) is 0 Å². The first-order chi connectivity index (χ1) is 14.3. The molecule has 1 aromatic heterocycles. The van der Waals surface area contributed by atoms with E-state index < -0.39 is 0 Å². The summed E-state index contributed by atoms with van der Waals surface area (Å²) in [5.74, 6) is 2.16. The smallest absolute Gasteiger partial charge is 0.281 e. The number of benzene rings is 3. The van der Waals surface area contributed by atoms with Crippen LogP contribution in [0.1, 0.15) is 22.5 Å². The van der Waals surface area contributed by atoms with Crippen LogP contribution in [0.15, 0.2) is 71.5 Å². The normalized spacial score (nSPS) is 15.4. The predicted octanol–water partition coefficient (Wildman–Crippen LogP) is 4.08. The zero-order valence-electron chi connectivity index (χ0n) is 15.5. The van der Waals surface area contributed by atoms with E-state index in [1.807, 2.05) is 54.6 Å². The number of rotatable bonds is 1. The Morgan fingerprint density at radius 1 is 0.931 bits per heavy atom. The van der Waals surface area contributed by atoms with Crippen LogP contribution in [-0.2, 0) is 6.54 Å². The lowest BCUT2D eigenvalue weighted by Gasteiger charge is -2.25. The summed E-state index contributed by atoms with van der Waals surface area (Å²) in [6.45, 7) is 0.918. The molecule has 2 aliphatic heterocycles. The van der Waals surface area contributed by atoms with Crippen molar-refractivity contribution in [2.45, 2.75) is 6.54 Å². The predicted molar refractivity (Wildman–Crippen MR) is 111 cm³/mol. The molecule has 0 unspecified atom stereocenters. The Labute approximate surface area is 166 Å². The molecule has 0 fully saturated rings. The van der Waals surface area contributed by atoms with Gasteiger partial charge >= 0.3 is 0 Å². The first kappa shape index (κ1) is 16.1. The van der Waals surface area contributed by atoms with Crippen LogP contribution in [0.2, 0.25) is 0 Å². The molecule has 5 heteroatoms. The van der Waals surface area contributed by atoms with Crippen molar-refractivity contribution in [2.75, 3.05) is 6.79 Å². The fourth-order valence-electron chi connectivity index (χ4n) is 4.11. The molecular formula is C24H16N2O3. The molecule has 3 heterocycles. The fourth-order valence-corrected chi connectivity index (χ4v) is 4.11. The van der Waals surface area contributed by atoms with Crippen molar-refractivity contribution in [3.05, 3.63) is 99.6 Å². The van der Waals surface area contributed by atoms with E-state index in [2.05, 4.69) is 27.8 Å². The summed E-state index contributed by atoms with van der Waals surface area (Å²) < 4.78 is 13.1. The standard InChI is InChI=1S/C24H16N2O3/c27-24-18-7-3-4-8-20(18)26-13-16-5-1-2-6-17(16)19(23(26)25-24)11-15-9-10-21-22(12-15)29-14-28-21/h1-12H,13-14H2/b19-11+. The van der Waals surface area contributed by atoms with Crippen molar-refractivity contribution in [2.24, 2.45) is 0 Å². The summed E-state index contributed by atoms with van der Waals surface area (Å²) in [6.07, 6.45) is 2.06. The van der Waals surface area contributed by atoms with Crippen molar-refractivity contribution >= 4 is 22.6 Å². The molecule has 0 saturated heterocycles. The Kier molecular flexibility index (Phi) is 3.38. The van der Waals surface area contributed by atoms with Gasteiger partial charge in [-0.15, -0.1) is 0 Å². The third kappa shape index (κ3) is 2.48. The van der Waals surface area contributed by atoms with Crippen LogP contribution in [0, 0.1) is 0 Å². The summed E-state index contributed by atoms with van der Waals surface area (Å²) in [5, 5.41) is 0.637. The van der Waals surface area contributed by atoms with Gasteiger partial charge in [-0.05, 0) is 47.0 Å². The lowest BCUT2D eigenvalue weighted by Crippen LogP contribution is -2.23. The number of ether oxygens (including phenoxy) is 2. The van der Waals surface area contributed by atoms with E-state index in [1.165, 1.54) is 5.56 Å². The van der Waals surface area contributed by atoms with Crippen molar-refractivity contribution < 1.29 is 9.47 Å². The van der Waals surface area contributed by atoms with E-state index in [9.17, 15) is 4.79 Å². The minimum absolute atomic E-state index is 0.206. The monoisotopic (exact) mass is 380 g/mol. The molecule has 2 aliphatic rings. The Bertz CT molecular complexity index is 1380. The number of hydrogen-bond donors (Lipinski definition) is 0. The highest BCUT2D eigenvalue weighted by Crippen LogP contribution is 2.37. The van der Waals surface area contributed by atoms with Gasteiger partial charge < -0.3 is 14.0 Å². The molecule has 140 valence electrons. The second kappa shape index (κ2) is 6.07. The number of nitrogens with zero attached hydrogens (tertiary/aromatic N) is 2. The van der Waals surface area contributed by atoms with Crippen LogP contribution in [0.25, 0.3) is 22.6 Å². The minimum Gasteiger partial charge on any atom is -0.454 e. The van der Waals surface area contributed by atoms with Gasteiger partial charge in [-0.1, -0.05) is 42.5 Å². The number of para-hydroxylation sites is 1. The molecule has 0 spiro atoms. The largest absolute Gasteiger partial charge is 0.454 e. The summed E-state index contributed by atoms with van der Waals surface area (Å²) in [6, 6.07) is 21.8. The van der Waals surface area contributed by atoms with E-state index >= 15 is 0 Å². The van der Waals surface area contributed by atoms with E-state index in [-0.39, 0.29) is 12.4 Å².